The summed E-state index contributed by atoms with van der Waals surface area (Å²) in [6.07, 6.45) is 8.34. The van der Waals surface area contributed by atoms with E-state index in [1.807, 2.05) is 0 Å². The van der Waals surface area contributed by atoms with E-state index in [1.165, 1.54) is 19.3 Å². The van der Waals surface area contributed by atoms with E-state index >= 15 is 0 Å². The van der Waals surface area contributed by atoms with Gasteiger partial charge in [-0.25, -0.2) is 11.4 Å². The first-order chi connectivity index (χ1) is 11.6. The van der Waals surface area contributed by atoms with Crippen LogP contribution >= 0.6 is 0 Å². The Morgan fingerprint density at radius 3 is 2.92 bits per heavy atom. The van der Waals surface area contributed by atoms with Gasteiger partial charge >= 0.3 is 5.97 Å². The number of piperidine rings is 1. The maximum Gasteiger partial charge on any atom is 0.323 e. The van der Waals surface area contributed by atoms with Gasteiger partial charge in [0.1, 0.15) is 11.9 Å². The molecule has 7 heteroatoms. The van der Waals surface area contributed by atoms with Crippen molar-refractivity contribution >= 4 is 11.8 Å². The Balaban J connectivity index is 1.78. The highest BCUT2D eigenvalue weighted by molar-refractivity contribution is 5.79. The van der Waals surface area contributed by atoms with Crippen LogP contribution in [0.1, 0.15) is 58.3 Å². The minimum absolute atomic E-state index is 0.0746. The van der Waals surface area contributed by atoms with Gasteiger partial charge in [0.25, 0.3) is 0 Å². The molecule has 4 unspecified atom stereocenters. The predicted octanol–water partition coefficient (Wildman–Crippen LogP) is 1.24. The molecule has 0 bridgehead atoms. The summed E-state index contributed by atoms with van der Waals surface area (Å²) in [5.74, 6) is 7.59. The fraction of sp³-hybridized carbons (Fsp3) is 0.882. The van der Waals surface area contributed by atoms with E-state index in [9.17, 15) is 4.79 Å². The average Bonchev–Trinajstić information content (AvgIpc) is 2.59. The third-order valence-corrected chi connectivity index (χ3v) is 5.46. The van der Waals surface area contributed by atoms with Gasteiger partial charge in [0.05, 0.1) is 6.61 Å². The molecule has 0 aromatic heterocycles. The first-order valence-electron chi connectivity index (χ1n) is 9.31. The minimum atomic E-state index is -0.130. The number of carbonyl (C=O) groups excluding carboxylic acids is 1. The van der Waals surface area contributed by atoms with Crippen LogP contribution < -0.4 is 22.4 Å². The lowest BCUT2D eigenvalue weighted by Crippen LogP contribution is -2.50. The number of hydrazine groups is 1. The number of nitrogens with one attached hydrogen (secondary N) is 2. The van der Waals surface area contributed by atoms with Gasteiger partial charge in [-0.2, -0.15) is 5.10 Å². The molecule has 0 aromatic carbocycles. The maximum atomic E-state index is 12.2. The molecule has 0 radical (unpaired) electrons. The number of unbranched alkanes of at least 4 members (excludes halogenated alkanes) is 1. The zero-order chi connectivity index (χ0) is 17.4. The first-order valence-corrected chi connectivity index (χ1v) is 9.31. The third-order valence-electron chi connectivity index (χ3n) is 5.46. The van der Waals surface area contributed by atoms with Gasteiger partial charge in [0.2, 0.25) is 0 Å². The molecule has 0 aromatic rings. The van der Waals surface area contributed by atoms with Gasteiger partial charge in [-0.1, -0.05) is 19.8 Å². The summed E-state index contributed by atoms with van der Waals surface area (Å²) in [4.78, 5) is 12.2. The number of amidine groups is 1. The van der Waals surface area contributed by atoms with Crippen molar-refractivity contribution in [1.29, 1.82) is 0 Å². The Labute approximate surface area is 144 Å². The highest BCUT2D eigenvalue weighted by atomic mass is 16.5. The van der Waals surface area contributed by atoms with Gasteiger partial charge in [0, 0.05) is 6.42 Å². The number of carbonyl (C=O) groups is 1. The first kappa shape index (κ1) is 19.0. The molecule has 1 aliphatic carbocycles. The number of hydrogen-bond acceptors (Lipinski definition) is 6. The maximum absolute atomic E-state index is 12.2. The number of hydrogen-bond donors (Lipinski definition) is 4. The van der Waals surface area contributed by atoms with Gasteiger partial charge in [-0.05, 0) is 56.4 Å². The summed E-state index contributed by atoms with van der Waals surface area (Å²) in [7, 11) is 0. The zero-order valence-corrected chi connectivity index (χ0v) is 14.8. The lowest BCUT2D eigenvalue weighted by molar-refractivity contribution is -0.148. The summed E-state index contributed by atoms with van der Waals surface area (Å²) in [5, 5.41) is 7.20. The van der Waals surface area contributed by atoms with Crippen molar-refractivity contribution in [2.45, 2.75) is 64.3 Å². The third kappa shape index (κ3) is 5.63. The second-order valence-corrected chi connectivity index (χ2v) is 7.19. The Morgan fingerprint density at radius 1 is 1.33 bits per heavy atom. The molecular weight excluding hydrogens is 306 g/mol. The van der Waals surface area contributed by atoms with Crippen LogP contribution in [0.15, 0.2) is 5.10 Å². The SMILES string of the molecule is CCCCOC(=O)C1CC2CC(CC/C(N)=N/NN)CCC2CN1. The number of fused-ring (bicyclic) bond motifs is 1. The van der Waals surface area contributed by atoms with Crippen molar-refractivity contribution in [2.24, 2.45) is 34.4 Å². The standard InChI is InChI=1S/C17H33N5O2/c1-2-3-8-24-17(23)15-10-14-9-12(4-6-13(14)11-20-15)5-7-16(18)21-22-19/h12-15,20,22H,2-11,19H2,1H3,(H2,18,21). The molecule has 1 saturated carbocycles. The molecule has 24 heavy (non-hydrogen) atoms. The highest BCUT2D eigenvalue weighted by Crippen LogP contribution is 2.40. The molecule has 4 atom stereocenters. The molecule has 2 rings (SSSR count). The molecule has 1 saturated heterocycles. The highest BCUT2D eigenvalue weighted by Gasteiger charge is 2.38. The van der Waals surface area contributed by atoms with Crippen molar-refractivity contribution in [2.75, 3.05) is 13.2 Å². The monoisotopic (exact) mass is 339 g/mol. The molecule has 1 heterocycles. The van der Waals surface area contributed by atoms with E-state index in [0.29, 0.717) is 30.2 Å². The van der Waals surface area contributed by atoms with Gasteiger partial charge in [-0.3, -0.25) is 4.79 Å². The number of nitrogens with zero attached hydrogens (tertiary/aromatic N) is 1. The molecule has 0 amide bonds. The van der Waals surface area contributed by atoms with Crippen LogP contribution in [0.5, 0.6) is 0 Å². The van der Waals surface area contributed by atoms with Crippen LogP contribution in [0, 0.1) is 17.8 Å². The van der Waals surface area contributed by atoms with E-state index in [4.69, 9.17) is 16.3 Å². The van der Waals surface area contributed by atoms with Crippen LogP contribution in [0.4, 0.5) is 0 Å². The molecular formula is C17H33N5O2. The van der Waals surface area contributed by atoms with E-state index in [0.717, 1.165) is 38.6 Å². The quantitative estimate of drug-likeness (QED) is 0.132. The molecule has 6 N–H and O–H groups in total. The summed E-state index contributed by atoms with van der Waals surface area (Å²) in [6, 6.07) is -0.130. The van der Waals surface area contributed by atoms with Crippen molar-refractivity contribution in [1.82, 2.24) is 10.9 Å². The number of hydrazone groups is 1. The van der Waals surface area contributed by atoms with Crippen molar-refractivity contribution in [3.8, 4) is 0 Å². The van der Waals surface area contributed by atoms with Crippen molar-refractivity contribution in [3.63, 3.8) is 0 Å². The normalized spacial score (nSPS) is 30.5. The number of ether oxygens (including phenoxy) is 1. The lowest BCUT2D eigenvalue weighted by atomic mass is 9.69. The topological polar surface area (TPSA) is 115 Å². The lowest BCUT2D eigenvalue weighted by Gasteiger charge is -2.42. The molecule has 138 valence electrons. The van der Waals surface area contributed by atoms with Crippen molar-refractivity contribution in [3.05, 3.63) is 0 Å². The molecule has 2 aliphatic rings. The van der Waals surface area contributed by atoms with Crippen molar-refractivity contribution < 1.29 is 9.53 Å². The summed E-state index contributed by atoms with van der Waals surface area (Å²) < 4.78 is 5.38. The fourth-order valence-corrected chi connectivity index (χ4v) is 4.01. The second-order valence-electron chi connectivity index (χ2n) is 7.19. The van der Waals surface area contributed by atoms with Crippen LogP contribution in [0.2, 0.25) is 0 Å². The van der Waals surface area contributed by atoms with Crippen LogP contribution in [0.3, 0.4) is 0 Å². The van der Waals surface area contributed by atoms with E-state index in [1.54, 1.807) is 0 Å². The Bertz CT molecular complexity index is 429. The van der Waals surface area contributed by atoms with E-state index < -0.39 is 0 Å². The van der Waals surface area contributed by atoms with Gasteiger partial charge < -0.3 is 15.8 Å². The van der Waals surface area contributed by atoms with Crippen LogP contribution in [-0.2, 0) is 9.53 Å². The predicted molar refractivity (Wildman–Crippen MR) is 94.8 cm³/mol. The van der Waals surface area contributed by atoms with Crippen LogP contribution in [-0.4, -0.2) is 31.0 Å². The molecule has 1 aliphatic heterocycles. The fourth-order valence-electron chi connectivity index (χ4n) is 4.01. The summed E-state index contributed by atoms with van der Waals surface area (Å²) in [5.41, 5.74) is 8.03. The minimum Gasteiger partial charge on any atom is -0.465 e. The molecule has 2 fully saturated rings. The van der Waals surface area contributed by atoms with E-state index in [-0.39, 0.29) is 12.0 Å². The zero-order valence-electron chi connectivity index (χ0n) is 14.8. The van der Waals surface area contributed by atoms with Crippen LogP contribution in [0.25, 0.3) is 0 Å². The van der Waals surface area contributed by atoms with Gasteiger partial charge in [0.15, 0.2) is 0 Å². The molecule has 7 nitrogen and oxygen atoms in total. The largest absolute Gasteiger partial charge is 0.465 e. The second kappa shape index (κ2) is 9.84. The summed E-state index contributed by atoms with van der Waals surface area (Å²) >= 11 is 0. The van der Waals surface area contributed by atoms with Gasteiger partial charge in [-0.15, -0.1) is 0 Å². The smallest absolute Gasteiger partial charge is 0.323 e. The average molecular weight is 339 g/mol. The Hall–Kier alpha value is -1.34. The number of rotatable bonds is 8. The Kier molecular flexibility index (Phi) is 7.78. The summed E-state index contributed by atoms with van der Waals surface area (Å²) in [6.45, 7) is 3.57. The number of nitrogens with two attached hydrogens (primary N) is 2. The number of esters is 1. The van der Waals surface area contributed by atoms with E-state index in [2.05, 4.69) is 22.9 Å². The Morgan fingerprint density at radius 2 is 2.17 bits per heavy atom. The molecule has 0 spiro atoms.